The zero-order valence-corrected chi connectivity index (χ0v) is 15.4. The van der Waals surface area contributed by atoms with Crippen molar-refractivity contribution in [3.63, 3.8) is 0 Å². The summed E-state index contributed by atoms with van der Waals surface area (Å²) in [7, 11) is -7.46. The van der Waals surface area contributed by atoms with Crippen molar-refractivity contribution < 1.29 is 30.0 Å². The largest absolute Gasteiger partial charge is 0.383 e. The predicted molar refractivity (Wildman–Crippen MR) is 96.5 cm³/mol. The summed E-state index contributed by atoms with van der Waals surface area (Å²) in [6.45, 7) is 0. The molecule has 11 heteroatoms. The van der Waals surface area contributed by atoms with Gasteiger partial charge in [-0.2, -0.15) is 16.8 Å². The third-order valence-corrected chi connectivity index (χ3v) is 3.69. The lowest BCUT2D eigenvalue weighted by atomic mass is 10.3. The van der Waals surface area contributed by atoms with Crippen molar-refractivity contribution in [2.75, 3.05) is 23.1 Å². The maximum absolute atomic E-state index is 12.1. The zero-order chi connectivity index (χ0) is 19.4. The molecule has 2 rings (SSSR count). The minimum absolute atomic E-state index is 0.0334. The Hall–Kier alpha value is -2.79. The van der Waals surface area contributed by atoms with Crippen LogP contribution in [0.1, 0.15) is 0 Å². The van der Waals surface area contributed by atoms with E-state index in [1.54, 1.807) is 12.1 Å². The molecule has 0 saturated heterocycles. The smallest absolute Gasteiger partial charge is 0.323 e. The second-order valence-corrected chi connectivity index (χ2v) is 8.33. The van der Waals surface area contributed by atoms with Crippen LogP contribution < -0.4 is 19.0 Å². The maximum atomic E-state index is 12.1. The van der Waals surface area contributed by atoms with E-state index in [-0.39, 0.29) is 22.9 Å². The number of rotatable bonds is 6. The molecule has 0 aliphatic carbocycles. The summed E-state index contributed by atoms with van der Waals surface area (Å²) in [4.78, 5) is 12.1. The molecule has 26 heavy (non-hydrogen) atoms. The van der Waals surface area contributed by atoms with Crippen molar-refractivity contribution in [1.82, 2.24) is 0 Å². The number of carbonyl (C=O) groups excluding carboxylic acids is 1. The Morgan fingerprint density at radius 2 is 1.50 bits per heavy atom. The summed E-state index contributed by atoms with van der Waals surface area (Å²) in [6.07, 6.45) is 1.79. The fraction of sp³-hybridized carbons (Fsp3) is 0.133. The molecule has 0 bridgehead atoms. The van der Waals surface area contributed by atoms with Crippen LogP contribution in [0.2, 0.25) is 0 Å². The van der Waals surface area contributed by atoms with Gasteiger partial charge >= 0.3 is 26.3 Å². The van der Waals surface area contributed by atoms with Crippen LogP contribution in [0.25, 0.3) is 0 Å². The van der Waals surface area contributed by atoms with Crippen LogP contribution in [0, 0.1) is 0 Å². The number of hydrogen-bond acceptors (Lipinski definition) is 7. The Kier molecular flexibility index (Phi) is 5.73. The van der Waals surface area contributed by atoms with Crippen molar-refractivity contribution in [2.45, 2.75) is 0 Å². The van der Waals surface area contributed by atoms with E-state index in [0.29, 0.717) is 0 Å². The number of hydrogen-bond donors (Lipinski definition) is 2. The average molecular weight is 400 g/mol. The van der Waals surface area contributed by atoms with E-state index in [1.165, 1.54) is 36.4 Å². The standard InChI is InChI=1S/C15H16N2O7S2/c1-25(19,20)23-12-7-5-6-11(10-12)16-15(18)17-13-8-3-4-9-14(13)24-26(2,21)22/h3-10H,1-2H3,(H2,16,17,18). The molecule has 0 aliphatic heterocycles. The molecule has 0 unspecified atom stereocenters. The number of benzene rings is 2. The minimum atomic E-state index is -3.76. The molecule has 0 aliphatic rings. The van der Waals surface area contributed by atoms with E-state index in [2.05, 4.69) is 10.6 Å². The fourth-order valence-electron chi connectivity index (χ4n) is 1.89. The molecule has 9 nitrogen and oxygen atoms in total. The molecule has 0 heterocycles. The van der Waals surface area contributed by atoms with E-state index in [4.69, 9.17) is 8.37 Å². The van der Waals surface area contributed by atoms with Gasteiger partial charge in [-0.1, -0.05) is 18.2 Å². The third-order valence-electron chi connectivity index (χ3n) is 2.72. The van der Waals surface area contributed by atoms with Gasteiger partial charge in [0.15, 0.2) is 5.75 Å². The number of anilines is 2. The molecular formula is C15H16N2O7S2. The Balaban J connectivity index is 2.12. The van der Waals surface area contributed by atoms with Gasteiger partial charge in [-0.05, 0) is 24.3 Å². The van der Waals surface area contributed by atoms with Crippen molar-refractivity contribution in [3.8, 4) is 11.5 Å². The van der Waals surface area contributed by atoms with Crippen molar-refractivity contribution in [2.24, 2.45) is 0 Å². The molecule has 2 aromatic carbocycles. The van der Waals surface area contributed by atoms with E-state index in [1.807, 2.05) is 0 Å². The van der Waals surface area contributed by atoms with Crippen molar-refractivity contribution in [1.29, 1.82) is 0 Å². The summed E-state index contributed by atoms with van der Waals surface area (Å²) in [5.74, 6) is -0.00887. The third kappa shape index (κ3) is 6.61. The first-order chi connectivity index (χ1) is 12.0. The molecule has 0 radical (unpaired) electrons. The van der Waals surface area contributed by atoms with Crippen LogP contribution in [0.5, 0.6) is 11.5 Å². The summed E-state index contributed by atoms with van der Waals surface area (Å²) < 4.78 is 54.4. The van der Waals surface area contributed by atoms with Crippen LogP contribution >= 0.6 is 0 Å². The van der Waals surface area contributed by atoms with Gasteiger partial charge in [-0.25, -0.2) is 4.79 Å². The van der Waals surface area contributed by atoms with Crippen LogP contribution in [0.4, 0.5) is 16.2 Å². The Bertz CT molecular complexity index is 1020. The SMILES string of the molecule is CS(=O)(=O)Oc1cccc(NC(=O)Nc2ccccc2OS(C)(=O)=O)c1. The topological polar surface area (TPSA) is 128 Å². The lowest BCUT2D eigenvalue weighted by molar-refractivity contribution is 0.262. The molecule has 0 atom stereocenters. The van der Waals surface area contributed by atoms with Crippen LogP contribution in [0.15, 0.2) is 48.5 Å². The van der Waals surface area contributed by atoms with Gasteiger partial charge in [-0.3, -0.25) is 0 Å². The van der Waals surface area contributed by atoms with Crippen molar-refractivity contribution >= 4 is 37.6 Å². The highest BCUT2D eigenvalue weighted by molar-refractivity contribution is 7.86. The van der Waals surface area contributed by atoms with E-state index < -0.39 is 26.3 Å². The van der Waals surface area contributed by atoms with Crippen LogP contribution in [-0.4, -0.2) is 35.4 Å². The molecule has 2 aromatic rings. The zero-order valence-electron chi connectivity index (χ0n) is 13.8. The molecular weight excluding hydrogens is 384 g/mol. The van der Waals surface area contributed by atoms with E-state index >= 15 is 0 Å². The highest BCUT2D eigenvalue weighted by Gasteiger charge is 2.12. The van der Waals surface area contributed by atoms with Gasteiger partial charge in [0.2, 0.25) is 0 Å². The molecule has 0 saturated carbocycles. The van der Waals surface area contributed by atoms with Crippen LogP contribution in [-0.2, 0) is 20.2 Å². The van der Waals surface area contributed by atoms with Crippen LogP contribution in [0.3, 0.4) is 0 Å². The fourth-order valence-corrected chi connectivity index (χ4v) is 2.82. The lowest BCUT2D eigenvalue weighted by Crippen LogP contribution is -2.20. The molecule has 0 fully saturated rings. The van der Waals surface area contributed by atoms with Gasteiger partial charge in [0, 0.05) is 11.8 Å². The number of carbonyl (C=O) groups is 1. The Morgan fingerprint density at radius 1 is 0.846 bits per heavy atom. The Labute approximate surface area is 151 Å². The van der Waals surface area contributed by atoms with Gasteiger partial charge in [0.05, 0.1) is 18.2 Å². The number of urea groups is 1. The second-order valence-electron chi connectivity index (χ2n) is 5.18. The van der Waals surface area contributed by atoms with Gasteiger partial charge < -0.3 is 19.0 Å². The van der Waals surface area contributed by atoms with Gasteiger partial charge in [-0.15, -0.1) is 0 Å². The molecule has 0 spiro atoms. The van der Waals surface area contributed by atoms with Crippen molar-refractivity contribution in [3.05, 3.63) is 48.5 Å². The molecule has 140 valence electrons. The normalized spacial score (nSPS) is 11.5. The summed E-state index contributed by atoms with van der Waals surface area (Å²) >= 11 is 0. The minimum Gasteiger partial charge on any atom is -0.383 e. The predicted octanol–water partition coefficient (Wildman–Crippen LogP) is 2.01. The quantitative estimate of drug-likeness (QED) is 0.710. The van der Waals surface area contributed by atoms with Gasteiger partial charge in [0.25, 0.3) is 0 Å². The average Bonchev–Trinajstić information content (AvgIpc) is 2.46. The summed E-state index contributed by atoms with van der Waals surface area (Å²) in [6, 6.07) is 11.1. The monoisotopic (exact) mass is 400 g/mol. The Morgan fingerprint density at radius 3 is 2.15 bits per heavy atom. The first kappa shape index (κ1) is 19.5. The van der Waals surface area contributed by atoms with Gasteiger partial charge in [0.1, 0.15) is 5.75 Å². The molecule has 0 aromatic heterocycles. The highest BCUT2D eigenvalue weighted by atomic mass is 32.2. The first-order valence-electron chi connectivity index (χ1n) is 7.08. The lowest BCUT2D eigenvalue weighted by Gasteiger charge is -2.12. The molecule has 2 amide bonds. The maximum Gasteiger partial charge on any atom is 0.323 e. The second kappa shape index (κ2) is 7.62. The van der Waals surface area contributed by atoms with E-state index in [0.717, 1.165) is 12.5 Å². The number of para-hydroxylation sites is 2. The first-order valence-corrected chi connectivity index (χ1v) is 10.7. The highest BCUT2D eigenvalue weighted by Crippen LogP contribution is 2.25. The number of nitrogens with one attached hydrogen (secondary N) is 2. The van der Waals surface area contributed by atoms with E-state index in [9.17, 15) is 21.6 Å². The number of amides is 2. The molecule has 2 N–H and O–H groups in total. The summed E-state index contributed by atoms with van der Waals surface area (Å²) in [5, 5.41) is 4.93. The summed E-state index contributed by atoms with van der Waals surface area (Å²) in [5.41, 5.74) is 0.407.